The average Bonchev–Trinajstić information content (AvgIpc) is 2.86. The summed E-state index contributed by atoms with van der Waals surface area (Å²) in [4.78, 5) is 8.68. The monoisotopic (exact) mass is 264 g/mol. The second-order valence-electron chi connectivity index (χ2n) is 2.56. The van der Waals surface area contributed by atoms with E-state index in [9.17, 15) is 0 Å². The molecule has 0 bridgehead atoms. The number of nitrogens with zero attached hydrogens (tertiary/aromatic N) is 2. The van der Waals surface area contributed by atoms with Gasteiger partial charge in [0.1, 0.15) is 0 Å². The van der Waals surface area contributed by atoms with Crippen molar-refractivity contribution < 1.29 is 0 Å². The van der Waals surface area contributed by atoms with Crippen molar-refractivity contribution in [2.75, 3.05) is 0 Å². The van der Waals surface area contributed by atoms with Gasteiger partial charge in [-0.1, -0.05) is 0 Å². The highest BCUT2D eigenvalue weighted by atomic mass is 35.5. The van der Waals surface area contributed by atoms with Crippen LogP contribution in [0.2, 0.25) is 0 Å². The zero-order chi connectivity index (χ0) is 9.97. The van der Waals surface area contributed by atoms with Gasteiger partial charge < -0.3 is 0 Å². The molecule has 0 aromatic carbocycles. The van der Waals surface area contributed by atoms with Crippen LogP contribution in [-0.2, 0) is 11.8 Å². The highest BCUT2D eigenvalue weighted by Gasteiger charge is 2.08. The number of thiazole rings is 2. The van der Waals surface area contributed by atoms with E-state index in [0.29, 0.717) is 11.8 Å². The van der Waals surface area contributed by atoms with Crippen LogP contribution in [0.15, 0.2) is 10.8 Å². The van der Waals surface area contributed by atoms with E-state index in [0.717, 1.165) is 21.4 Å². The van der Waals surface area contributed by atoms with Crippen molar-refractivity contribution >= 4 is 45.9 Å². The molecule has 0 aliphatic heterocycles. The molecular weight excluding hydrogens is 259 g/mol. The third-order valence-electron chi connectivity index (χ3n) is 1.56. The standard InChI is InChI=1S/C8H6Cl2N2S2/c9-1-5-3-13-7(11-5)8-12-6(2-10)4-14-8/h3-4H,1-2H2. The lowest BCUT2D eigenvalue weighted by molar-refractivity contribution is 1.19. The molecule has 0 N–H and O–H groups in total. The van der Waals surface area contributed by atoms with Crippen LogP contribution in [0.4, 0.5) is 0 Å². The number of hydrogen-bond donors (Lipinski definition) is 0. The molecule has 2 nitrogen and oxygen atoms in total. The quantitative estimate of drug-likeness (QED) is 0.790. The van der Waals surface area contributed by atoms with E-state index in [4.69, 9.17) is 23.2 Å². The van der Waals surface area contributed by atoms with Crippen LogP contribution < -0.4 is 0 Å². The smallest absolute Gasteiger partial charge is 0.152 e. The lowest BCUT2D eigenvalue weighted by Crippen LogP contribution is -1.80. The second-order valence-corrected chi connectivity index (χ2v) is 4.81. The maximum Gasteiger partial charge on any atom is 0.152 e. The molecule has 0 aliphatic rings. The minimum Gasteiger partial charge on any atom is -0.237 e. The highest BCUT2D eigenvalue weighted by Crippen LogP contribution is 2.27. The molecule has 0 saturated carbocycles. The first-order valence-electron chi connectivity index (χ1n) is 3.84. The van der Waals surface area contributed by atoms with Crippen molar-refractivity contribution in [2.45, 2.75) is 11.8 Å². The van der Waals surface area contributed by atoms with Gasteiger partial charge in [-0.05, 0) is 0 Å². The van der Waals surface area contributed by atoms with E-state index in [1.54, 1.807) is 22.7 Å². The average molecular weight is 265 g/mol. The molecule has 2 aromatic rings. The molecule has 0 atom stereocenters. The van der Waals surface area contributed by atoms with Crippen LogP contribution in [0.5, 0.6) is 0 Å². The number of rotatable bonds is 3. The van der Waals surface area contributed by atoms with Gasteiger partial charge in [0.2, 0.25) is 0 Å². The molecular formula is C8H6Cl2N2S2. The Morgan fingerprint density at radius 3 is 1.64 bits per heavy atom. The molecule has 2 aromatic heterocycles. The Kier molecular flexibility index (Phi) is 3.38. The van der Waals surface area contributed by atoms with Crippen molar-refractivity contribution in [3.05, 3.63) is 22.1 Å². The van der Waals surface area contributed by atoms with Crippen molar-refractivity contribution in [3.8, 4) is 10.0 Å². The van der Waals surface area contributed by atoms with Gasteiger partial charge in [0.15, 0.2) is 10.0 Å². The van der Waals surface area contributed by atoms with E-state index in [2.05, 4.69) is 9.97 Å². The van der Waals surface area contributed by atoms with Crippen molar-refractivity contribution in [2.24, 2.45) is 0 Å². The minimum absolute atomic E-state index is 0.449. The predicted molar refractivity (Wildman–Crippen MR) is 62.3 cm³/mol. The summed E-state index contributed by atoms with van der Waals surface area (Å²) in [6, 6.07) is 0. The van der Waals surface area contributed by atoms with E-state index < -0.39 is 0 Å². The van der Waals surface area contributed by atoms with Crippen molar-refractivity contribution in [1.82, 2.24) is 9.97 Å². The minimum atomic E-state index is 0.449. The number of aromatic nitrogens is 2. The van der Waals surface area contributed by atoms with Gasteiger partial charge in [0.25, 0.3) is 0 Å². The van der Waals surface area contributed by atoms with Crippen molar-refractivity contribution in [1.29, 1.82) is 0 Å². The van der Waals surface area contributed by atoms with Gasteiger partial charge >= 0.3 is 0 Å². The summed E-state index contributed by atoms with van der Waals surface area (Å²) in [5.41, 5.74) is 1.79. The van der Waals surface area contributed by atoms with Crippen LogP contribution in [0.3, 0.4) is 0 Å². The van der Waals surface area contributed by atoms with Crippen molar-refractivity contribution in [3.63, 3.8) is 0 Å². The maximum absolute atomic E-state index is 5.67. The van der Waals surface area contributed by atoms with Crippen LogP contribution in [0, 0.1) is 0 Å². The van der Waals surface area contributed by atoms with Crippen LogP contribution in [0.1, 0.15) is 11.4 Å². The van der Waals surface area contributed by atoms with Gasteiger partial charge in [-0.25, -0.2) is 9.97 Å². The lowest BCUT2D eigenvalue weighted by atomic mass is 10.5. The molecule has 2 heterocycles. The predicted octanol–water partition coefficient (Wildman–Crippen LogP) is 3.74. The molecule has 6 heteroatoms. The molecule has 2 rings (SSSR count). The first-order valence-corrected chi connectivity index (χ1v) is 6.67. The van der Waals surface area contributed by atoms with E-state index in [-0.39, 0.29) is 0 Å². The summed E-state index contributed by atoms with van der Waals surface area (Å²) in [6.07, 6.45) is 0. The molecule has 0 aliphatic carbocycles. The van der Waals surface area contributed by atoms with Gasteiger partial charge in [-0.3, -0.25) is 0 Å². The van der Waals surface area contributed by atoms with Gasteiger partial charge in [0.05, 0.1) is 23.1 Å². The van der Waals surface area contributed by atoms with Crippen LogP contribution >= 0.6 is 45.9 Å². The Bertz CT molecular complexity index is 384. The third-order valence-corrected chi connectivity index (χ3v) is 4.03. The summed E-state index contributed by atoms with van der Waals surface area (Å²) in [6.45, 7) is 0. The summed E-state index contributed by atoms with van der Waals surface area (Å²) < 4.78 is 0. The summed E-state index contributed by atoms with van der Waals surface area (Å²) in [5.74, 6) is 0.897. The molecule has 0 unspecified atom stereocenters. The Hall–Kier alpha value is -0.160. The van der Waals surface area contributed by atoms with Gasteiger partial charge in [0, 0.05) is 10.8 Å². The second kappa shape index (κ2) is 4.57. The molecule has 14 heavy (non-hydrogen) atoms. The Balaban J connectivity index is 2.29. The summed E-state index contributed by atoms with van der Waals surface area (Å²) >= 11 is 14.5. The lowest BCUT2D eigenvalue weighted by Gasteiger charge is -1.86. The largest absolute Gasteiger partial charge is 0.237 e. The topological polar surface area (TPSA) is 25.8 Å². The molecule has 0 saturated heterocycles. The SMILES string of the molecule is ClCc1csc(-c2nc(CCl)cs2)n1. The first kappa shape index (κ1) is 10.4. The van der Waals surface area contributed by atoms with E-state index in [1.807, 2.05) is 10.8 Å². The highest BCUT2D eigenvalue weighted by molar-refractivity contribution is 7.19. The van der Waals surface area contributed by atoms with Crippen LogP contribution in [-0.4, -0.2) is 9.97 Å². The maximum atomic E-state index is 5.67. The fourth-order valence-corrected chi connectivity index (χ4v) is 3.08. The molecule has 0 amide bonds. The number of alkyl halides is 2. The summed E-state index contributed by atoms with van der Waals surface area (Å²) in [7, 11) is 0. The zero-order valence-electron chi connectivity index (χ0n) is 7.04. The number of hydrogen-bond acceptors (Lipinski definition) is 4. The molecule has 0 fully saturated rings. The Labute approximate surface area is 99.5 Å². The molecule has 0 radical (unpaired) electrons. The van der Waals surface area contributed by atoms with E-state index >= 15 is 0 Å². The zero-order valence-corrected chi connectivity index (χ0v) is 10.2. The molecule has 74 valence electrons. The van der Waals surface area contributed by atoms with Gasteiger partial charge in [-0.15, -0.1) is 45.9 Å². The Morgan fingerprint density at radius 2 is 1.36 bits per heavy atom. The van der Waals surface area contributed by atoms with Gasteiger partial charge in [-0.2, -0.15) is 0 Å². The fourth-order valence-electron chi connectivity index (χ4n) is 0.933. The normalized spacial score (nSPS) is 10.7. The fraction of sp³-hybridized carbons (Fsp3) is 0.250. The molecule has 0 spiro atoms. The Morgan fingerprint density at radius 1 is 0.929 bits per heavy atom. The third kappa shape index (κ3) is 2.08. The van der Waals surface area contributed by atoms with Crippen LogP contribution in [0.25, 0.3) is 10.0 Å². The number of halogens is 2. The van der Waals surface area contributed by atoms with E-state index in [1.165, 1.54) is 0 Å². The first-order chi connectivity index (χ1) is 6.83. The summed E-state index contributed by atoms with van der Waals surface area (Å²) in [5, 5.41) is 5.73.